The first-order valence-corrected chi connectivity index (χ1v) is 9.51. The minimum absolute atomic E-state index is 0.128. The molecule has 0 spiro atoms. The normalized spacial score (nSPS) is 19.3. The molecule has 0 unspecified atom stereocenters. The topological polar surface area (TPSA) is 112 Å². The number of aromatic nitrogens is 2. The van der Waals surface area contributed by atoms with Gasteiger partial charge in [0.05, 0.1) is 18.1 Å². The molecule has 1 aromatic heterocycles. The van der Waals surface area contributed by atoms with E-state index < -0.39 is 20.0 Å². The summed E-state index contributed by atoms with van der Waals surface area (Å²) in [6.07, 6.45) is 3.35. The van der Waals surface area contributed by atoms with Crippen molar-refractivity contribution in [2.45, 2.75) is 30.7 Å². The lowest BCUT2D eigenvalue weighted by atomic mass is 10.1. The standard InChI is InChI=1S/C10H18N4O4S2/c1-8-10(7-11-12-8)20(17,18)13-9-3-5-14(6-4-9)19(2,15)16/h7,9,13H,3-6H2,1-2H3,(H,11,12). The quantitative estimate of drug-likeness (QED) is 0.770. The van der Waals surface area contributed by atoms with Gasteiger partial charge < -0.3 is 0 Å². The average Bonchev–Trinajstić information content (AvgIpc) is 2.75. The Morgan fingerprint density at radius 1 is 1.30 bits per heavy atom. The van der Waals surface area contributed by atoms with Crippen molar-refractivity contribution in [3.63, 3.8) is 0 Å². The molecule has 20 heavy (non-hydrogen) atoms. The van der Waals surface area contributed by atoms with E-state index in [0.29, 0.717) is 31.6 Å². The van der Waals surface area contributed by atoms with Crippen LogP contribution in [-0.4, -0.2) is 56.7 Å². The third-order valence-corrected chi connectivity index (χ3v) is 6.26. The predicted octanol–water partition coefficient (Wildman–Crippen LogP) is -0.580. The van der Waals surface area contributed by atoms with Gasteiger partial charge in [0, 0.05) is 19.1 Å². The summed E-state index contributed by atoms with van der Waals surface area (Å²) in [7, 11) is -6.81. The molecular weight excluding hydrogens is 304 g/mol. The first-order valence-electron chi connectivity index (χ1n) is 6.17. The average molecular weight is 322 g/mol. The Labute approximate surface area is 118 Å². The number of nitrogens with zero attached hydrogens (tertiary/aromatic N) is 2. The lowest BCUT2D eigenvalue weighted by molar-refractivity contribution is 0.310. The van der Waals surface area contributed by atoms with Crippen molar-refractivity contribution in [2.24, 2.45) is 0 Å². The number of hydrogen-bond acceptors (Lipinski definition) is 5. The predicted molar refractivity (Wildman–Crippen MR) is 73.1 cm³/mol. The molecule has 114 valence electrons. The van der Waals surface area contributed by atoms with E-state index in [1.165, 1.54) is 10.5 Å². The minimum atomic E-state index is -3.61. The van der Waals surface area contributed by atoms with Crippen LogP contribution in [-0.2, 0) is 20.0 Å². The number of nitrogens with one attached hydrogen (secondary N) is 2. The van der Waals surface area contributed by atoms with Gasteiger partial charge in [-0.05, 0) is 19.8 Å². The fourth-order valence-corrected chi connectivity index (χ4v) is 4.51. The maximum absolute atomic E-state index is 12.2. The summed E-state index contributed by atoms with van der Waals surface area (Å²) >= 11 is 0. The number of piperidine rings is 1. The smallest absolute Gasteiger partial charge is 0.244 e. The van der Waals surface area contributed by atoms with Gasteiger partial charge in [0.15, 0.2) is 0 Å². The van der Waals surface area contributed by atoms with E-state index >= 15 is 0 Å². The van der Waals surface area contributed by atoms with Gasteiger partial charge in [-0.3, -0.25) is 5.10 Å². The van der Waals surface area contributed by atoms with E-state index in [2.05, 4.69) is 14.9 Å². The van der Waals surface area contributed by atoms with E-state index in [-0.39, 0.29) is 10.9 Å². The molecule has 1 saturated heterocycles. The number of hydrogen-bond donors (Lipinski definition) is 2. The fourth-order valence-electron chi connectivity index (χ4n) is 2.20. The Morgan fingerprint density at radius 3 is 2.35 bits per heavy atom. The van der Waals surface area contributed by atoms with Crippen LogP contribution in [0.15, 0.2) is 11.1 Å². The van der Waals surface area contributed by atoms with Gasteiger partial charge in [0.25, 0.3) is 0 Å². The molecule has 0 amide bonds. The van der Waals surface area contributed by atoms with Crippen molar-refractivity contribution in [2.75, 3.05) is 19.3 Å². The van der Waals surface area contributed by atoms with Crippen molar-refractivity contribution in [3.8, 4) is 0 Å². The number of H-pyrrole nitrogens is 1. The summed E-state index contributed by atoms with van der Waals surface area (Å²) in [5.74, 6) is 0. The Kier molecular flexibility index (Phi) is 4.19. The maximum atomic E-state index is 12.2. The molecule has 10 heteroatoms. The zero-order chi connectivity index (χ0) is 15.0. The molecule has 0 radical (unpaired) electrons. The van der Waals surface area contributed by atoms with E-state index in [0.717, 1.165) is 6.26 Å². The Morgan fingerprint density at radius 2 is 1.90 bits per heavy atom. The van der Waals surface area contributed by atoms with Gasteiger partial charge in [-0.1, -0.05) is 0 Å². The monoisotopic (exact) mass is 322 g/mol. The number of rotatable bonds is 4. The molecule has 1 fully saturated rings. The summed E-state index contributed by atoms with van der Waals surface area (Å²) in [6.45, 7) is 2.29. The van der Waals surface area contributed by atoms with Crippen LogP contribution < -0.4 is 4.72 Å². The van der Waals surface area contributed by atoms with E-state index in [9.17, 15) is 16.8 Å². The van der Waals surface area contributed by atoms with Crippen LogP contribution in [0.3, 0.4) is 0 Å². The molecule has 0 atom stereocenters. The largest absolute Gasteiger partial charge is 0.281 e. The van der Waals surface area contributed by atoms with Crippen LogP contribution in [0.25, 0.3) is 0 Å². The molecule has 0 saturated carbocycles. The lowest BCUT2D eigenvalue weighted by Gasteiger charge is -2.30. The molecule has 1 aliphatic heterocycles. The van der Waals surface area contributed by atoms with Crippen molar-refractivity contribution in [1.29, 1.82) is 0 Å². The van der Waals surface area contributed by atoms with Crippen LogP contribution in [0.4, 0.5) is 0 Å². The highest BCUT2D eigenvalue weighted by molar-refractivity contribution is 7.89. The van der Waals surface area contributed by atoms with Crippen molar-refractivity contribution < 1.29 is 16.8 Å². The zero-order valence-electron chi connectivity index (χ0n) is 11.3. The molecule has 2 heterocycles. The lowest BCUT2D eigenvalue weighted by Crippen LogP contribution is -2.46. The second kappa shape index (κ2) is 5.43. The molecule has 0 bridgehead atoms. The molecule has 1 aliphatic rings. The highest BCUT2D eigenvalue weighted by atomic mass is 32.2. The molecule has 2 rings (SSSR count). The number of sulfonamides is 2. The maximum Gasteiger partial charge on any atom is 0.244 e. The number of aromatic amines is 1. The van der Waals surface area contributed by atoms with Gasteiger partial charge >= 0.3 is 0 Å². The van der Waals surface area contributed by atoms with E-state index in [1.807, 2.05) is 0 Å². The van der Waals surface area contributed by atoms with Gasteiger partial charge in [0.2, 0.25) is 20.0 Å². The van der Waals surface area contributed by atoms with Gasteiger partial charge in [-0.25, -0.2) is 25.9 Å². The highest BCUT2D eigenvalue weighted by Gasteiger charge is 2.29. The van der Waals surface area contributed by atoms with Crippen molar-refractivity contribution >= 4 is 20.0 Å². The highest BCUT2D eigenvalue weighted by Crippen LogP contribution is 2.17. The Balaban J connectivity index is 2.01. The molecule has 8 nitrogen and oxygen atoms in total. The molecular formula is C10H18N4O4S2. The summed E-state index contributed by atoms with van der Waals surface area (Å²) in [4.78, 5) is 0.128. The third-order valence-electron chi connectivity index (χ3n) is 3.32. The van der Waals surface area contributed by atoms with Crippen LogP contribution in [0.1, 0.15) is 18.5 Å². The van der Waals surface area contributed by atoms with Gasteiger partial charge in [-0.2, -0.15) is 5.10 Å². The SMILES string of the molecule is Cc1[nH]ncc1S(=O)(=O)NC1CCN(S(C)(=O)=O)CC1. The minimum Gasteiger partial charge on any atom is -0.281 e. The molecule has 0 aliphatic carbocycles. The summed E-state index contributed by atoms with van der Waals surface area (Å²) in [5, 5.41) is 6.28. The third kappa shape index (κ3) is 3.37. The van der Waals surface area contributed by atoms with E-state index in [1.54, 1.807) is 6.92 Å². The van der Waals surface area contributed by atoms with Gasteiger partial charge in [-0.15, -0.1) is 0 Å². The summed E-state index contributed by atoms with van der Waals surface area (Å²) < 4.78 is 51.0. The fraction of sp³-hybridized carbons (Fsp3) is 0.700. The van der Waals surface area contributed by atoms with Crippen LogP contribution in [0.2, 0.25) is 0 Å². The second-order valence-electron chi connectivity index (χ2n) is 4.92. The van der Waals surface area contributed by atoms with Crippen LogP contribution in [0.5, 0.6) is 0 Å². The van der Waals surface area contributed by atoms with Crippen LogP contribution >= 0.6 is 0 Å². The van der Waals surface area contributed by atoms with Crippen molar-refractivity contribution in [3.05, 3.63) is 11.9 Å². The molecule has 1 aromatic rings. The summed E-state index contributed by atoms with van der Waals surface area (Å²) in [6, 6.07) is -0.257. The van der Waals surface area contributed by atoms with Crippen LogP contribution in [0, 0.1) is 6.92 Å². The van der Waals surface area contributed by atoms with Crippen molar-refractivity contribution in [1.82, 2.24) is 19.2 Å². The second-order valence-corrected chi connectivity index (χ2v) is 8.58. The first kappa shape index (κ1) is 15.4. The van der Waals surface area contributed by atoms with Gasteiger partial charge in [0.1, 0.15) is 4.90 Å². The molecule has 2 N–H and O–H groups in total. The Hall–Kier alpha value is -0.970. The van der Waals surface area contributed by atoms with E-state index in [4.69, 9.17) is 0 Å². The zero-order valence-corrected chi connectivity index (χ0v) is 13.0. The number of aryl methyl sites for hydroxylation is 1. The Bertz CT molecular complexity index is 672. The summed E-state index contributed by atoms with van der Waals surface area (Å²) in [5.41, 5.74) is 0.478. The molecule has 0 aromatic carbocycles. The first-order chi connectivity index (χ1) is 9.20.